The lowest BCUT2D eigenvalue weighted by Crippen LogP contribution is -2.09. The van der Waals surface area contributed by atoms with Crippen molar-refractivity contribution >= 4 is 29.4 Å². The van der Waals surface area contributed by atoms with E-state index in [1.54, 1.807) is 24.4 Å². The monoisotopic (exact) mass is 272 g/mol. The molecule has 19 heavy (non-hydrogen) atoms. The van der Waals surface area contributed by atoms with E-state index in [1.165, 1.54) is 6.08 Å². The maximum atomic E-state index is 11.7. The fraction of sp³-hybridized carbons (Fsp3) is 0.0667. The molecule has 0 bridgehead atoms. The van der Waals surface area contributed by atoms with Crippen molar-refractivity contribution in [3.63, 3.8) is 0 Å². The van der Waals surface area contributed by atoms with E-state index in [-0.39, 0.29) is 5.91 Å². The Kier molecular flexibility index (Phi) is 4.31. The summed E-state index contributed by atoms with van der Waals surface area (Å²) in [6.45, 7) is 1.94. The van der Waals surface area contributed by atoms with Crippen LogP contribution >= 0.6 is 11.6 Å². The third-order valence-electron chi connectivity index (χ3n) is 2.44. The molecule has 0 spiro atoms. The minimum absolute atomic E-state index is 0.224. The Morgan fingerprint density at radius 1 is 1.32 bits per heavy atom. The summed E-state index contributed by atoms with van der Waals surface area (Å²) in [5.74, 6) is 0.318. The average Bonchev–Trinajstić information content (AvgIpc) is 2.36. The van der Waals surface area contributed by atoms with Gasteiger partial charge in [0.25, 0.3) is 0 Å². The van der Waals surface area contributed by atoms with Gasteiger partial charge in [-0.15, -0.1) is 0 Å². The van der Waals surface area contributed by atoms with E-state index in [9.17, 15) is 4.79 Å². The number of halogens is 1. The summed E-state index contributed by atoms with van der Waals surface area (Å²) in [6, 6.07) is 11.0. The second-order valence-corrected chi connectivity index (χ2v) is 4.53. The van der Waals surface area contributed by atoms with Gasteiger partial charge in [-0.25, -0.2) is 4.98 Å². The first-order valence-electron chi connectivity index (χ1n) is 5.81. The first-order valence-corrected chi connectivity index (χ1v) is 6.18. The number of pyridine rings is 1. The van der Waals surface area contributed by atoms with Crippen LogP contribution in [0.4, 0.5) is 5.82 Å². The van der Waals surface area contributed by atoms with Crippen molar-refractivity contribution in [3.05, 3.63) is 64.8 Å². The largest absolute Gasteiger partial charge is 0.307 e. The zero-order valence-electron chi connectivity index (χ0n) is 10.4. The number of nitrogens with zero attached hydrogens (tertiary/aromatic N) is 1. The molecule has 2 rings (SSSR count). The fourth-order valence-corrected chi connectivity index (χ4v) is 1.75. The summed E-state index contributed by atoms with van der Waals surface area (Å²) in [5, 5.41) is 3.34. The number of carbonyl (C=O) groups is 1. The second kappa shape index (κ2) is 6.16. The lowest BCUT2D eigenvalue weighted by molar-refractivity contribution is -0.111. The average molecular weight is 273 g/mol. The van der Waals surface area contributed by atoms with E-state index in [0.29, 0.717) is 10.8 Å². The highest BCUT2D eigenvalue weighted by atomic mass is 35.5. The zero-order chi connectivity index (χ0) is 13.7. The highest BCUT2D eigenvalue weighted by Crippen LogP contribution is 2.12. The Bertz CT molecular complexity index is 623. The molecule has 1 heterocycles. The molecule has 1 N–H and O–H groups in total. The number of aryl methyl sites for hydroxylation is 1. The zero-order valence-corrected chi connectivity index (χ0v) is 11.2. The molecule has 1 aromatic heterocycles. The molecule has 1 amide bonds. The summed E-state index contributed by atoms with van der Waals surface area (Å²) in [5.41, 5.74) is 1.92. The predicted octanol–water partition coefficient (Wildman–Crippen LogP) is 3.70. The molecule has 0 unspecified atom stereocenters. The number of rotatable bonds is 3. The standard InChI is InChI=1S/C15H13ClN2O/c1-11-7-8-17-14(9-11)18-15(19)6-5-12-3-2-4-13(16)10-12/h2-10H,1H3,(H,17,18,19)/b6-5+. The van der Waals surface area contributed by atoms with E-state index in [0.717, 1.165) is 11.1 Å². The molecule has 1 aromatic carbocycles. The van der Waals surface area contributed by atoms with Crippen LogP contribution in [0.1, 0.15) is 11.1 Å². The number of amides is 1. The Balaban J connectivity index is 2.01. The van der Waals surface area contributed by atoms with Crippen molar-refractivity contribution in [2.75, 3.05) is 5.32 Å². The summed E-state index contributed by atoms with van der Waals surface area (Å²) in [6.07, 6.45) is 4.82. The van der Waals surface area contributed by atoms with Gasteiger partial charge in [-0.2, -0.15) is 0 Å². The van der Waals surface area contributed by atoms with Crippen molar-refractivity contribution < 1.29 is 4.79 Å². The molecule has 0 aliphatic carbocycles. The molecule has 3 nitrogen and oxygen atoms in total. The molecule has 0 saturated carbocycles. The van der Waals surface area contributed by atoms with E-state index >= 15 is 0 Å². The molecule has 0 aliphatic heterocycles. The molecule has 4 heteroatoms. The number of nitrogens with one attached hydrogen (secondary N) is 1. The minimum atomic E-state index is -0.224. The van der Waals surface area contributed by atoms with Gasteiger partial charge in [-0.1, -0.05) is 23.7 Å². The normalized spacial score (nSPS) is 10.6. The van der Waals surface area contributed by atoms with Gasteiger partial charge >= 0.3 is 0 Å². The van der Waals surface area contributed by atoms with Crippen LogP contribution in [-0.4, -0.2) is 10.9 Å². The van der Waals surface area contributed by atoms with Gasteiger partial charge in [-0.3, -0.25) is 4.79 Å². The molecule has 0 radical (unpaired) electrons. The van der Waals surface area contributed by atoms with Gasteiger partial charge in [-0.05, 0) is 48.4 Å². The van der Waals surface area contributed by atoms with Crippen molar-refractivity contribution in [1.29, 1.82) is 0 Å². The van der Waals surface area contributed by atoms with Crippen molar-refractivity contribution in [1.82, 2.24) is 4.98 Å². The van der Waals surface area contributed by atoms with Crippen molar-refractivity contribution in [2.45, 2.75) is 6.92 Å². The van der Waals surface area contributed by atoms with E-state index in [1.807, 2.05) is 31.2 Å². The van der Waals surface area contributed by atoms with Crippen molar-refractivity contribution in [3.8, 4) is 0 Å². The SMILES string of the molecule is Cc1ccnc(NC(=O)/C=C/c2cccc(Cl)c2)c1. The molecule has 96 valence electrons. The van der Waals surface area contributed by atoms with E-state index in [4.69, 9.17) is 11.6 Å². The number of carbonyl (C=O) groups excluding carboxylic acids is 1. The van der Waals surface area contributed by atoms with Crippen LogP contribution in [0.2, 0.25) is 5.02 Å². The lowest BCUT2D eigenvalue weighted by atomic mass is 10.2. The number of anilines is 1. The number of hydrogen-bond donors (Lipinski definition) is 1. The first kappa shape index (κ1) is 13.3. The van der Waals surface area contributed by atoms with Crippen LogP contribution in [0, 0.1) is 6.92 Å². The Labute approximate surface area is 116 Å². The van der Waals surface area contributed by atoms with Gasteiger partial charge < -0.3 is 5.32 Å². The summed E-state index contributed by atoms with van der Waals surface area (Å²) >= 11 is 5.86. The van der Waals surface area contributed by atoms with Gasteiger partial charge in [0.05, 0.1) is 0 Å². The number of benzene rings is 1. The van der Waals surface area contributed by atoms with Gasteiger partial charge in [0.15, 0.2) is 0 Å². The highest BCUT2D eigenvalue weighted by molar-refractivity contribution is 6.30. The molecule has 0 atom stereocenters. The Morgan fingerprint density at radius 2 is 2.16 bits per heavy atom. The van der Waals surface area contributed by atoms with Crippen LogP contribution in [0.3, 0.4) is 0 Å². The van der Waals surface area contributed by atoms with E-state index < -0.39 is 0 Å². The second-order valence-electron chi connectivity index (χ2n) is 4.10. The third kappa shape index (κ3) is 4.23. The summed E-state index contributed by atoms with van der Waals surface area (Å²) in [7, 11) is 0. The summed E-state index contributed by atoms with van der Waals surface area (Å²) in [4.78, 5) is 15.8. The lowest BCUT2D eigenvalue weighted by Gasteiger charge is -2.01. The molecule has 2 aromatic rings. The molecule has 0 aliphatic rings. The highest BCUT2D eigenvalue weighted by Gasteiger charge is 1.99. The predicted molar refractivity (Wildman–Crippen MR) is 78.1 cm³/mol. The van der Waals surface area contributed by atoms with Crippen LogP contribution < -0.4 is 5.32 Å². The molecular formula is C15H13ClN2O. The minimum Gasteiger partial charge on any atom is -0.307 e. The number of aromatic nitrogens is 1. The maximum absolute atomic E-state index is 11.7. The molecular weight excluding hydrogens is 260 g/mol. The Morgan fingerprint density at radius 3 is 2.89 bits per heavy atom. The first-order chi connectivity index (χ1) is 9.13. The fourth-order valence-electron chi connectivity index (χ4n) is 1.55. The molecule has 0 saturated heterocycles. The van der Waals surface area contributed by atoms with Crippen LogP contribution in [0.15, 0.2) is 48.7 Å². The van der Waals surface area contributed by atoms with Crippen LogP contribution in [0.5, 0.6) is 0 Å². The summed E-state index contributed by atoms with van der Waals surface area (Å²) < 4.78 is 0. The van der Waals surface area contributed by atoms with E-state index in [2.05, 4.69) is 10.3 Å². The Hall–Kier alpha value is -2.13. The topological polar surface area (TPSA) is 42.0 Å². The quantitative estimate of drug-likeness (QED) is 0.866. The smallest absolute Gasteiger partial charge is 0.249 e. The third-order valence-corrected chi connectivity index (χ3v) is 2.68. The van der Waals surface area contributed by atoms with Gasteiger partial charge in [0.2, 0.25) is 5.91 Å². The van der Waals surface area contributed by atoms with Gasteiger partial charge in [0.1, 0.15) is 5.82 Å². The van der Waals surface area contributed by atoms with Crippen LogP contribution in [0.25, 0.3) is 6.08 Å². The van der Waals surface area contributed by atoms with Crippen LogP contribution in [-0.2, 0) is 4.79 Å². The molecule has 0 fully saturated rings. The van der Waals surface area contributed by atoms with Gasteiger partial charge in [0, 0.05) is 17.3 Å². The number of hydrogen-bond acceptors (Lipinski definition) is 2. The maximum Gasteiger partial charge on any atom is 0.249 e. The van der Waals surface area contributed by atoms with Crippen molar-refractivity contribution in [2.24, 2.45) is 0 Å².